The molecule has 0 aliphatic heterocycles. The maximum Gasteiger partial charge on any atom is 0.299 e. The van der Waals surface area contributed by atoms with Gasteiger partial charge in [0.25, 0.3) is 5.97 Å². The predicted molar refractivity (Wildman–Crippen MR) is 62.7 cm³/mol. The molecule has 0 saturated heterocycles. The van der Waals surface area contributed by atoms with E-state index in [0.717, 1.165) is 12.8 Å². The summed E-state index contributed by atoms with van der Waals surface area (Å²) in [6.45, 7) is 10.1. The van der Waals surface area contributed by atoms with Crippen LogP contribution in [0.3, 0.4) is 0 Å². The number of hydrogen-bond donors (Lipinski definition) is 0. The Morgan fingerprint density at radius 2 is 2.00 bits per heavy atom. The zero-order valence-corrected chi connectivity index (χ0v) is 11.0. The monoisotopic (exact) mass is 214 g/mol. The average molecular weight is 214 g/mol. The molecule has 0 aromatic heterocycles. The average Bonchev–Trinajstić information content (AvgIpc) is 2.01. The highest BCUT2D eigenvalue weighted by Crippen LogP contribution is 2.14. The molecular weight excluding hydrogens is 192 g/mol. The summed E-state index contributed by atoms with van der Waals surface area (Å²) in [5, 5.41) is 0. The molecule has 3 heteroatoms. The molecular formula is C11H22O2Si. The largest absolute Gasteiger partial charge is 0.519 e. The fourth-order valence-electron chi connectivity index (χ4n) is 1.21. The molecule has 2 nitrogen and oxygen atoms in total. The Bertz CT molecular complexity index is 204. The topological polar surface area (TPSA) is 26.3 Å². The molecule has 0 heterocycles. The van der Waals surface area contributed by atoms with Crippen LogP contribution in [0.1, 0.15) is 26.7 Å². The van der Waals surface area contributed by atoms with Crippen molar-refractivity contribution in [3.8, 4) is 0 Å². The Kier molecular flexibility index (Phi) is 5.77. The van der Waals surface area contributed by atoms with E-state index < -0.39 is 8.32 Å². The van der Waals surface area contributed by atoms with Gasteiger partial charge >= 0.3 is 0 Å². The first-order valence-corrected chi connectivity index (χ1v) is 8.67. The molecule has 0 aliphatic carbocycles. The van der Waals surface area contributed by atoms with Crippen molar-refractivity contribution in [3.05, 3.63) is 12.2 Å². The summed E-state index contributed by atoms with van der Waals surface area (Å²) in [6.07, 6.45) is 5.75. The predicted octanol–water partition coefficient (Wildman–Crippen LogP) is 3.36. The van der Waals surface area contributed by atoms with Crippen LogP contribution in [0.25, 0.3) is 0 Å². The smallest absolute Gasteiger partial charge is 0.299 e. The molecule has 0 amide bonds. The van der Waals surface area contributed by atoms with Gasteiger partial charge in [-0.2, -0.15) is 0 Å². The molecule has 0 bridgehead atoms. The van der Waals surface area contributed by atoms with Crippen LogP contribution < -0.4 is 0 Å². The van der Waals surface area contributed by atoms with Crippen molar-refractivity contribution < 1.29 is 9.22 Å². The molecule has 14 heavy (non-hydrogen) atoms. The first kappa shape index (κ1) is 13.4. The lowest BCUT2D eigenvalue weighted by Gasteiger charge is -2.20. The summed E-state index contributed by atoms with van der Waals surface area (Å²) < 4.78 is 5.45. The van der Waals surface area contributed by atoms with Crippen LogP contribution in [-0.4, -0.2) is 14.3 Å². The lowest BCUT2D eigenvalue weighted by atomic mass is 10.0. The second-order valence-corrected chi connectivity index (χ2v) is 8.88. The molecule has 82 valence electrons. The van der Waals surface area contributed by atoms with Gasteiger partial charge in [0.15, 0.2) is 0 Å². The summed E-state index contributed by atoms with van der Waals surface area (Å²) in [7, 11) is -1.72. The van der Waals surface area contributed by atoms with Gasteiger partial charge in [0, 0.05) is 0 Å². The van der Waals surface area contributed by atoms with Crippen LogP contribution in [0.4, 0.5) is 0 Å². The van der Waals surface area contributed by atoms with E-state index in [1.54, 1.807) is 0 Å². The second kappa shape index (κ2) is 6.01. The molecule has 1 unspecified atom stereocenters. The molecule has 0 rings (SSSR count). The zero-order valence-electron chi connectivity index (χ0n) is 9.96. The molecule has 0 spiro atoms. The van der Waals surface area contributed by atoms with Crippen LogP contribution in [0.5, 0.6) is 0 Å². The summed E-state index contributed by atoms with van der Waals surface area (Å²) in [4.78, 5) is 11.7. The molecule has 0 saturated carbocycles. The molecule has 0 aliphatic rings. The van der Waals surface area contributed by atoms with Crippen molar-refractivity contribution in [3.63, 3.8) is 0 Å². The number of allylic oxidation sites excluding steroid dienone is 1. The third-order valence-corrected chi connectivity index (χ3v) is 2.55. The Labute approximate surface area is 88.5 Å². The van der Waals surface area contributed by atoms with Crippen LogP contribution in [-0.2, 0) is 9.22 Å². The standard InChI is InChI=1S/C11H22O2Si/c1-6-8-10(9-7-2)11(12)13-14(3,4)5/h6,8,10H,7,9H2,1-5H3/b8-6+. The fraction of sp³-hybridized carbons (Fsp3) is 0.727. The number of rotatable bonds is 5. The van der Waals surface area contributed by atoms with Crippen LogP contribution in [0.15, 0.2) is 12.2 Å². The minimum atomic E-state index is -1.72. The Hall–Kier alpha value is -0.573. The van der Waals surface area contributed by atoms with E-state index in [-0.39, 0.29) is 11.9 Å². The van der Waals surface area contributed by atoms with E-state index in [0.29, 0.717) is 0 Å². The Morgan fingerprint density at radius 1 is 1.43 bits per heavy atom. The van der Waals surface area contributed by atoms with Crippen LogP contribution in [0.2, 0.25) is 19.6 Å². The van der Waals surface area contributed by atoms with Crippen LogP contribution >= 0.6 is 0 Å². The van der Waals surface area contributed by atoms with Gasteiger partial charge in [-0.1, -0.05) is 25.5 Å². The van der Waals surface area contributed by atoms with Gasteiger partial charge in [0.2, 0.25) is 8.32 Å². The highest BCUT2D eigenvalue weighted by Gasteiger charge is 2.24. The first-order chi connectivity index (χ1) is 6.40. The normalized spacial score (nSPS) is 14.4. The van der Waals surface area contributed by atoms with E-state index in [4.69, 9.17) is 4.43 Å². The van der Waals surface area contributed by atoms with Gasteiger partial charge in [-0.05, 0) is 33.0 Å². The summed E-state index contributed by atoms with van der Waals surface area (Å²) in [5.41, 5.74) is 0. The van der Waals surface area contributed by atoms with Crippen LogP contribution in [0, 0.1) is 5.92 Å². The van der Waals surface area contributed by atoms with Gasteiger partial charge < -0.3 is 4.43 Å². The van der Waals surface area contributed by atoms with E-state index in [2.05, 4.69) is 6.92 Å². The van der Waals surface area contributed by atoms with E-state index in [1.807, 2.05) is 38.7 Å². The highest BCUT2D eigenvalue weighted by atomic mass is 28.4. The molecule has 0 radical (unpaired) electrons. The lowest BCUT2D eigenvalue weighted by Crippen LogP contribution is -2.32. The van der Waals surface area contributed by atoms with E-state index >= 15 is 0 Å². The summed E-state index contributed by atoms with van der Waals surface area (Å²) in [5.74, 6) is -0.0964. The fourth-order valence-corrected chi connectivity index (χ4v) is 1.97. The Balaban J connectivity index is 4.29. The van der Waals surface area contributed by atoms with Gasteiger partial charge in [0.1, 0.15) is 0 Å². The molecule has 1 atom stereocenters. The Morgan fingerprint density at radius 3 is 2.36 bits per heavy atom. The third-order valence-electron chi connectivity index (χ3n) is 1.73. The molecule has 0 fully saturated rings. The van der Waals surface area contributed by atoms with Gasteiger partial charge in [-0.15, -0.1) is 0 Å². The van der Waals surface area contributed by atoms with Gasteiger partial charge in [-0.3, -0.25) is 4.79 Å². The molecule has 0 aromatic rings. The first-order valence-electron chi connectivity index (χ1n) is 5.26. The highest BCUT2D eigenvalue weighted by molar-refractivity contribution is 6.71. The zero-order chi connectivity index (χ0) is 11.2. The van der Waals surface area contributed by atoms with Crippen molar-refractivity contribution in [2.45, 2.75) is 46.3 Å². The van der Waals surface area contributed by atoms with Crippen molar-refractivity contribution in [1.29, 1.82) is 0 Å². The van der Waals surface area contributed by atoms with E-state index in [9.17, 15) is 4.79 Å². The van der Waals surface area contributed by atoms with Gasteiger partial charge in [0.05, 0.1) is 5.92 Å². The third kappa shape index (κ3) is 5.97. The number of carbonyl (C=O) groups is 1. The minimum Gasteiger partial charge on any atom is -0.519 e. The quantitative estimate of drug-likeness (QED) is 0.518. The minimum absolute atomic E-state index is 0.0447. The summed E-state index contributed by atoms with van der Waals surface area (Å²) >= 11 is 0. The number of carbonyl (C=O) groups excluding carboxylic acids is 1. The van der Waals surface area contributed by atoms with Gasteiger partial charge in [-0.25, -0.2) is 0 Å². The lowest BCUT2D eigenvalue weighted by molar-refractivity contribution is -0.138. The van der Waals surface area contributed by atoms with Crippen molar-refractivity contribution in [2.24, 2.45) is 5.92 Å². The molecule has 0 N–H and O–H groups in total. The second-order valence-electron chi connectivity index (χ2n) is 4.45. The maximum atomic E-state index is 11.7. The maximum absolute atomic E-state index is 11.7. The SMILES string of the molecule is C/C=C/C(CCC)C(=O)O[Si](C)(C)C. The number of hydrogen-bond acceptors (Lipinski definition) is 2. The van der Waals surface area contributed by atoms with Crippen molar-refractivity contribution >= 4 is 14.3 Å². The van der Waals surface area contributed by atoms with E-state index in [1.165, 1.54) is 0 Å². The van der Waals surface area contributed by atoms with Crippen molar-refractivity contribution in [1.82, 2.24) is 0 Å². The summed E-state index contributed by atoms with van der Waals surface area (Å²) in [6, 6.07) is 0. The molecule has 0 aromatic carbocycles. The van der Waals surface area contributed by atoms with Crippen molar-refractivity contribution in [2.75, 3.05) is 0 Å².